The van der Waals surface area contributed by atoms with Crippen LogP contribution in [0.2, 0.25) is 0 Å². The number of benzene rings is 3. The largest absolute Gasteiger partial charge is 0.493 e. The smallest absolute Gasteiger partial charge is 0.338 e. The summed E-state index contributed by atoms with van der Waals surface area (Å²) in [6, 6.07) is 21.1. The van der Waals surface area contributed by atoms with E-state index in [2.05, 4.69) is 21.2 Å². The Morgan fingerprint density at radius 3 is 2.37 bits per heavy atom. The average molecular weight is 535 g/mol. The minimum atomic E-state index is -0.578. The number of rotatable bonds is 9. The van der Waals surface area contributed by atoms with Gasteiger partial charge in [0.05, 0.1) is 19.3 Å². The molecule has 0 aliphatic carbocycles. The molecule has 178 valence electrons. The summed E-state index contributed by atoms with van der Waals surface area (Å²) in [6.45, 7) is 2.36. The molecular weight excluding hydrogens is 512 g/mol. The highest BCUT2D eigenvalue weighted by Gasteiger charge is 2.12. The number of amides is 1. The monoisotopic (exact) mass is 534 g/mol. The Kier molecular flexibility index (Phi) is 9.04. The molecule has 0 saturated heterocycles. The third kappa shape index (κ3) is 7.19. The quantitative estimate of drug-likeness (QED) is 0.213. The first-order chi connectivity index (χ1) is 16.9. The summed E-state index contributed by atoms with van der Waals surface area (Å²) in [6.07, 6.45) is 1.46. The van der Waals surface area contributed by atoms with Crippen LogP contribution in [0.1, 0.15) is 28.4 Å². The van der Waals surface area contributed by atoms with E-state index >= 15 is 0 Å². The second-order valence-corrected chi connectivity index (χ2v) is 8.16. The first-order valence-corrected chi connectivity index (χ1v) is 11.5. The molecule has 3 rings (SSSR count). The van der Waals surface area contributed by atoms with E-state index in [1.807, 2.05) is 30.3 Å². The SMILES string of the molecule is CCOC(=O)c1ccc(NC(=O)/C(C#N)=C/c2ccc(OCc3ccc(Br)cc3)c(OC)c2)cc1. The second kappa shape index (κ2) is 12.4. The van der Waals surface area contributed by atoms with Crippen LogP contribution in [0.3, 0.4) is 0 Å². The molecule has 0 bridgehead atoms. The Labute approximate surface area is 212 Å². The second-order valence-electron chi connectivity index (χ2n) is 7.25. The number of carbonyl (C=O) groups is 2. The van der Waals surface area contributed by atoms with Gasteiger partial charge in [-0.25, -0.2) is 4.79 Å². The van der Waals surface area contributed by atoms with E-state index < -0.39 is 11.9 Å². The van der Waals surface area contributed by atoms with E-state index in [1.165, 1.54) is 13.2 Å². The van der Waals surface area contributed by atoms with Gasteiger partial charge in [0, 0.05) is 10.2 Å². The summed E-state index contributed by atoms with van der Waals surface area (Å²) >= 11 is 3.40. The van der Waals surface area contributed by atoms with Crippen molar-refractivity contribution in [1.29, 1.82) is 5.26 Å². The lowest BCUT2D eigenvalue weighted by Gasteiger charge is -2.12. The standard InChI is InChI=1S/C27H23BrN2O5/c1-3-34-27(32)20-7-11-23(12-8-20)30-26(31)21(16-29)14-19-6-13-24(25(15-19)33-2)35-17-18-4-9-22(28)10-5-18/h4-15H,3,17H2,1-2H3,(H,30,31)/b21-14+. The lowest BCUT2D eigenvalue weighted by Crippen LogP contribution is -2.13. The number of hydrogen-bond donors (Lipinski definition) is 1. The van der Waals surface area contributed by atoms with Crippen molar-refractivity contribution in [1.82, 2.24) is 0 Å². The molecule has 0 radical (unpaired) electrons. The maximum atomic E-state index is 12.6. The molecule has 35 heavy (non-hydrogen) atoms. The van der Waals surface area contributed by atoms with Gasteiger partial charge in [-0.2, -0.15) is 5.26 Å². The maximum absolute atomic E-state index is 12.6. The van der Waals surface area contributed by atoms with E-state index in [4.69, 9.17) is 14.2 Å². The minimum absolute atomic E-state index is 0.0925. The van der Waals surface area contributed by atoms with Crippen LogP contribution < -0.4 is 14.8 Å². The third-order valence-electron chi connectivity index (χ3n) is 4.83. The van der Waals surface area contributed by atoms with Gasteiger partial charge < -0.3 is 19.5 Å². The number of anilines is 1. The molecule has 3 aromatic rings. The number of nitrogens with one attached hydrogen (secondary N) is 1. The summed E-state index contributed by atoms with van der Waals surface area (Å²) in [7, 11) is 1.52. The van der Waals surface area contributed by atoms with E-state index in [1.54, 1.807) is 49.4 Å². The van der Waals surface area contributed by atoms with Crippen molar-refractivity contribution in [2.75, 3.05) is 19.0 Å². The number of methoxy groups -OCH3 is 1. The molecule has 3 aromatic carbocycles. The molecule has 0 heterocycles. The van der Waals surface area contributed by atoms with Gasteiger partial charge in [0.1, 0.15) is 18.2 Å². The molecule has 0 aliphatic rings. The van der Waals surface area contributed by atoms with Gasteiger partial charge in [-0.1, -0.05) is 34.1 Å². The fraction of sp³-hybridized carbons (Fsp3) is 0.148. The fourth-order valence-corrected chi connectivity index (χ4v) is 3.32. The summed E-state index contributed by atoms with van der Waals surface area (Å²) < 4.78 is 17.2. The van der Waals surface area contributed by atoms with Crippen LogP contribution >= 0.6 is 15.9 Å². The summed E-state index contributed by atoms with van der Waals surface area (Å²) in [4.78, 5) is 24.4. The fourth-order valence-electron chi connectivity index (χ4n) is 3.05. The van der Waals surface area contributed by atoms with E-state index in [0.717, 1.165) is 10.0 Å². The normalized spacial score (nSPS) is 10.7. The maximum Gasteiger partial charge on any atom is 0.338 e. The molecule has 1 N–H and O–H groups in total. The third-order valence-corrected chi connectivity index (χ3v) is 5.35. The first-order valence-electron chi connectivity index (χ1n) is 10.7. The number of halogens is 1. The van der Waals surface area contributed by atoms with Gasteiger partial charge in [-0.3, -0.25) is 4.79 Å². The molecule has 0 aliphatic heterocycles. The molecule has 8 heteroatoms. The van der Waals surface area contributed by atoms with Gasteiger partial charge in [0.25, 0.3) is 5.91 Å². The first kappa shape index (κ1) is 25.5. The van der Waals surface area contributed by atoms with Crippen LogP contribution in [-0.2, 0) is 16.1 Å². The van der Waals surface area contributed by atoms with Crippen molar-refractivity contribution in [3.63, 3.8) is 0 Å². The zero-order valence-electron chi connectivity index (χ0n) is 19.2. The summed E-state index contributed by atoms with van der Waals surface area (Å²) in [5, 5.41) is 12.2. The molecule has 0 atom stereocenters. The van der Waals surface area contributed by atoms with Crippen LogP contribution in [0.5, 0.6) is 11.5 Å². The van der Waals surface area contributed by atoms with Gasteiger partial charge in [-0.15, -0.1) is 0 Å². The number of esters is 1. The van der Waals surface area contributed by atoms with Gasteiger partial charge in [0.2, 0.25) is 0 Å². The molecular formula is C27H23BrN2O5. The van der Waals surface area contributed by atoms with Crippen molar-refractivity contribution in [3.05, 3.63) is 93.5 Å². The highest BCUT2D eigenvalue weighted by Crippen LogP contribution is 2.30. The van der Waals surface area contributed by atoms with Crippen LogP contribution in [0.4, 0.5) is 5.69 Å². The highest BCUT2D eigenvalue weighted by molar-refractivity contribution is 9.10. The lowest BCUT2D eigenvalue weighted by atomic mass is 10.1. The molecule has 7 nitrogen and oxygen atoms in total. The molecule has 0 fully saturated rings. The zero-order chi connectivity index (χ0) is 25.2. The molecule has 0 saturated carbocycles. The van der Waals surface area contributed by atoms with Crippen LogP contribution in [0, 0.1) is 11.3 Å². The zero-order valence-corrected chi connectivity index (χ0v) is 20.8. The Hall–Kier alpha value is -4.09. The van der Waals surface area contributed by atoms with E-state index in [0.29, 0.717) is 34.9 Å². The number of carbonyl (C=O) groups excluding carboxylic acids is 2. The Bertz CT molecular complexity index is 1260. The topological polar surface area (TPSA) is 97.7 Å². The van der Waals surface area contributed by atoms with E-state index in [-0.39, 0.29) is 12.2 Å². The predicted octanol–water partition coefficient (Wildman–Crippen LogP) is 5.76. The Balaban J connectivity index is 1.70. The average Bonchev–Trinajstić information content (AvgIpc) is 2.87. The molecule has 0 aromatic heterocycles. The molecule has 0 unspecified atom stereocenters. The number of nitriles is 1. The van der Waals surface area contributed by atoms with Gasteiger partial charge in [-0.05, 0) is 72.7 Å². The van der Waals surface area contributed by atoms with Crippen molar-refractivity contribution in [2.24, 2.45) is 0 Å². The molecule has 0 spiro atoms. The van der Waals surface area contributed by atoms with Gasteiger partial charge in [0.15, 0.2) is 11.5 Å². The van der Waals surface area contributed by atoms with Crippen molar-refractivity contribution < 1.29 is 23.8 Å². The Morgan fingerprint density at radius 2 is 1.74 bits per heavy atom. The summed E-state index contributed by atoms with van der Waals surface area (Å²) in [5.41, 5.74) is 2.32. The number of nitrogens with zero attached hydrogens (tertiary/aromatic N) is 1. The van der Waals surface area contributed by atoms with Crippen LogP contribution in [-0.4, -0.2) is 25.6 Å². The lowest BCUT2D eigenvalue weighted by molar-refractivity contribution is -0.112. The number of hydrogen-bond acceptors (Lipinski definition) is 6. The van der Waals surface area contributed by atoms with Crippen molar-refractivity contribution in [3.8, 4) is 17.6 Å². The summed E-state index contributed by atoms with van der Waals surface area (Å²) in [5.74, 6) is -0.00699. The van der Waals surface area contributed by atoms with E-state index in [9.17, 15) is 14.9 Å². The van der Waals surface area contributed by atoms with Gasteiger partial charge >= 0.3 is 5.97 Å². The highest BCUT2D eigenvalue weighted by atomic mass is 79.9. The van der Waals surface area contributed by atoms with Crippen molar-refractivity contribution >= 4 is 39.6 Å². The minimum Gasteiger partial charge on any atom is -0.493 e. The van der Waals surface area contributed by atoms with Crippen molar-refractivity contribution in [2.45, 2.75) is 13.5 Å². The Morgan fingerprint density at radius 1 is 1.03 bits per heavy atom. The predicted molar refractivity (Wildman–Crippen MR) is 136 cm³/mol. The van der Waals surface area contributed by atoms with Crippen LogP contribution in [0.25, 0.3) is 6.08 Å². The number of ether oxygens (including phenoxy) is 3. The van der Waals surface area contributed by atoms with Crippen LogP contribution in [0.15, 0.2) is 76.8 Å². The molecule has 1 amide bonds.